The molecule has 0 aromatic heterocycles. The molecule has 0 aliphatic rings. The summed E-state index contributed by atoms with van der Waals surface area (Å²) in [6, 6.07) is 11.9. The first-order valence-electron chi connectivity index (χ1n) is 14.5. The van der Waals surface area contributed by atoms with E-state index in [2.05, 4.69) is 20.4 Å². The Hall–Kier alpha value is -4.11. The van der Waals surface area contributed by atoms with E-state index in [9.17, 15) is 14.4 Å². The van der Waals surface area contributed by atoms with E-state index < -0.39 is 11.9 Å². The number of hydrogen-bond acceptors (Lipinski definition) is 9. The van der Waals surface area contributed by atoms with Gasteiger partial charge in [-0.1, -0.05) is 26.5 Å². The van der Waals surface area contributed by atoms with E-state index in [4.69, 9.17) is 23.7 Å². The van der Waals surface area contributed by atoms with E-state index in [1.165, 1.54) is 13.2 Å². The van der Waals surface area contributed by atoms with Gasteiger partial charge >= 0.3 is 17.9 Å². The van der Waals surface area contributed by atoms with Gasteiger partial charge in [0.05, 0.1) is 25.9 Å². The van der Waals surface area contributed by atoms with Gasteiger partial charge in [0, 0.05) is 17.7 Å². The normalized spacial score (nSPS) is 11.8. The fourth-order valence-electron chi connectivity index (χ4n) is 4.07. The Morgan fingerprint density at radius 2 is 1.58 bits per heavy atom. The molecule has 2 aromatic carbocycles. The molecule has 0 fully saturated rings. The van der Waals surface area contributed by atoms with Crippen molar-refractivity contribution in [2.45, 2.75) is 52.5 Å². The summed E-state index contributed by atoms with van der Waals surface area (Å²) in [5.41, 5.74) is 1.46. The van der Waals surface area contributed by atoms with Gasteiger partial charge in [-0.05, 0) is 101 Å². The first-order valence-corrected chi connectivity index (χ1v) is 14.5. The number of hydrogen-bond donors (Lipinski definition) is 0. The highest BCUT2D eigenvalue weighted by atomic mass is 16.6. The van der Waals surface area contributed by atoms with Crippen LogP contribution in [0, 0.1) is 5.92 Å². The van der Waals surface area contributed by atoms with E-state index in [1.807, 2.05) is 19.0 Å². The summed E-state index contributed by atoms with van der Waals surface area (Å²) in [5.74, 6) is 0.279. The molecule has 0 heterocycles. The lowest BCUT2D eigenvalue weighted by Gasteiger charge is -2.27. The smallest absolute Gasteiger partial charge is 0.343 e. The zero-order valence-electron chi connectivity index (χ0n) is 26.2. The predicted molar refractivity (Wildman–Crippen MR) is 166 cm³/mol. The Balaban J connectivity index is 1.81. The maximum Gasteiger partial charge on any atom is 0.343 e. The van der Waals surface area contributed by atoms with Crippen molar-refractivity contribution in [3.8, 4) is 17.2 Å². The van der Waals surface area contributed by atoms with Crippen molar-refractivity contribution in [3.05, 3.63) is 71.8 Å². The molecule has 1 unspecified atom stereocenters. The topological polar surface area (TPSA) is 101 Å². The third kappa shape index (κ3) is 12.7. The number of carbonyl (C=O) groups excluding carboxylic acids is 3. The van der Waals surface area contributed by atoms with Crippen molar-refractivity contribution in [2.75, 3.05) is 41.0 Å². The van der Waals surface area contributed by atoms with E-state index in [0.717, 1.165) is 25.7 Å². The molecule has 2 rings (SSSR count). The maximum absolute atomic E-state index is 12.7. The second-order valence-corrected chi connectivity index (χ2v) is 10.7. The molecule has 2 aromatic rings. The Kier molecular flexibility index (Phi) is 15.0. The molecule has 0 radical (unpaired) electrons. The second kappa shape index (κ2) is 18.4. The largest absolute Gasteiger partial charge is 0.494 e. The number of carbonyl (C=O) groups is 3. The van der Waals surface area contributed by atoms with Crippen LogP contribution >= 0.6 is 0 Å². The summed E-state index contributed by atoms with van der Waals surface area (Å²) in [7, 11) is 5.40. The van der Waals surface area contributed by atoms with Crippen LogP contribution in [0.3, 0.4) is 0 Å². The molecule has 0 aliphatic carbocycles. The standard InChI is InChI=1S/C34H45NO8/c1-24(2)29(35(5)6)23-42-32(36)19-13-26-12-18-30(31(22-26)39-7)43-34(38)27-14-16-28(17-15-27)40-20-10-8-9-11-21-41-33(37)25(3)4/h12-19,22,24,29H,3,8-11,20-21,23H2,1-2,4-7H3. The third-order valence-corrected chi connectivity index (χ3v) is 6.61. The van der Waals surface area contributed by atoms with Crippen LogP contribution in [0.5, 0.6) is 17.2 Å². The summed E-state index contributed by atoms with van der Waals surface area (Å²) in [6.07, 6.45) is 6.52. The molecule has 43 heavy (non-hydrogen) atoms. The van der Waals surface area contributed by atoms with E-state index in [0.29, 0.717) is 53.9 Å². The van der Waals surface area contributed by atoms with Gasteiger partial charge in [0.25, 0.3) is 0 Å². The number of benzene rings is 2. The monoisotopic (exact) mass is 595 g/mol. The number of esters is 3. The SMILES string of the molecule is C=C(C)C(=O)OCCCCCCOc1ccc(C(=O)Oc2ccc(C=CC(=O)OCC(C(C)C)N(C)C)cc2OC)cc1. The number of methoxy groups -OCH3 is 1. The Morgan fingerprint density at radius 1 is 0.907 bits per heavy atom. The van der Waals surface area contributed by atoms with Crippen LogP contribution in [0.25, 0.3) is 6.08 Å². The highest BCUT2D eigenvalue weighted by Gasteiger charge is 2.17. The highest BCUT2D eigenvalue weighted by molar-refractivity contribution is 5.91. The average molecular weight is 596 g/mol. The number of likely N-dealkylation sites (N-methyl/N-ethyl adjacent to an activating group) is 1. The van der Waals surface area contributed by atoms with Crippen LogP contribution in [0.1, 0.15) is 62.4 Å². The summed E-state index contributed by atoms with van der Waals surface area (Å²) in [5, 5.41) is 0. The molecule has 0 amide bonds. The minimum Gasteiger partial charge on any atom is -0.494 e. The Morgan fingerprint density at radius 3 is 2.19 bits per heavy atom. The van der Waals surface area contributed by atoms with Crippen LogP contribution in [0.4, 0.5) is 0 Å². The quantitative estimate of drug-likeness (QED) is 0.0874. The van der Waals surface area contributed by atoms with Gasteiger partial charge in [-0.15, -0.1) is 0 Å². The van der Waals surface area contributed by atoms with Gasteiger partial charge in [-0.2, -0.15) is 0 Å². The number of rotatable bonds is 18. The van der Waals surface area contributed by atoms with E-state index in [-0.39, 0.29) is 17.8 Å². The number of ether oxygens (including phenoxy) is 5. The molecule has 9 heteroatoms. The molecule has 0 N–H and O–H groups in total. The maximum atomic E-state index is 12.7. The van der Waals surface area contributed by atoms with Gasteiger partial charge in [0.2, 0.25) is 0 Å². The summed E-state index contributed by atoms with van der Waals surface area (Å²) >= 11 is 0. The first kappa shape index (κ1) is 35.1. The molecule has 0 saturated heterocycles. The second-order valence-electron chi connectivity index (χ2n) is 10.7. The van der Waals surface area contributed by atoms with Crippen molar-refractivity contribution >= 4 is 24.0 Å². The highest BCUT2D eigenvalue weighted by Crippen LogP contribution is 2.29. The summed E-state index contributed by atoms with van der Waals surface area (Å²) in [4.78, 5) is 38.3. The van der Waals surface area contributed by atoms with Gasteiger partial charge in [-0.3, -0.25) is 0 Å². The van der Waals surface area contributed by atoms with Crippen molar-refractivity contribution in [2.24, 2.45) is 5.92 Å². The lowest BCUT2D eigenvalue weighted by molar-refractivity contribution is -0.140. The van der Waals surface area contributed by atoms with Crippen molar-refractivity contribution in [3.63, 3.8) is 0 Å². The van der Waals surface area contributed by atoms with Crippen LogP contribution in [-0.4, -0.2) is 69.9 Å². The zero-order chi connectivity index (χ0) is 31.8. The molecule has 1 atom stereocenters. The Bertz CT molecular complexity index is 1230. The summed E-state index contributed by atoms with van der Waals surface area (Å²) in [6.45, 7) is 10.6. The Labute approximate surface area is 255 Å². The van der Waals surface area contributed by atoms with E-state index in [1.54, 1.807) is 55.5 Å². The zero-order valence-corrected chi connectivity index (χ0v) is 26.2. The molecule has 0 aliphatic heterocycles. The lowest BCUT2D eigenvalue weighted by atomic mass is 10.0. The van der Waals surface area contributed by atoms with Crippen LogP contribution in [-0.2, 0) is 19.1 Å². The fourth-order valence-corrected chi connectivity index (χ4v) is 4.07. The predicted octanol–water partition coefficient (Wildman–Crippen LogP) is 6.12. The molecule has 234 valence electrons. The fraction of sp³-hybridized carbons (Fsp3) is 0.441. The first-order chi connectivity index (χ1) is 20.5. The van der Waals surface area contributed by atoms with Crippen LogP contribution < -0.4 is 14.2 Å². The van der Waals surface area contributed by atoms with Crippen molar-refractivity contribution in [1.29, 1.82) is 0 Å². The van der Waals surface area contributed by atoms with E-state index >= 15 is 0 Å². The summed E-state index contributed by atoms with van der Waals surface area (Å²) < 4.78 is 27.2. The number of unbranched alkanes of at least 4 members (excludes halogenated alkanes) is 3. The molecular weight excluding hydrogens is 550 g/mol. The number of nitrogens with zero attached hydrogens (tertiary/aromatic N) is 1. The van der Waals surface area contributed by atoms with Crippen LogP contribution in [0.2, 0.25) is 0 Å². The molecule has 0 spiro atoms. The average Bonchev–Trinajstić information content (AvgIpc) is 2.97. The van der Waals surface area contributed by atoms with Crippen molar-refractivity contribution < 1.29 is 38.1 Å². The van der Waals surface area contributed by atoms with Gasteiger partial charge in [0.1, 0.15) is 12.4 Å². The van der Waals surface area contributed by atoms with Gasteiger partial charge in [0.15, 0.2) is 11.5 Å². The minimum atomic E-state index is -0.537. The molecular formula is C34H45NO8. The molecule has 0 bridgehead atoms. The van der Waals surface area contributed by atoms with Gasteiger partial charge in [-0.25, -0.2) is 14.4 Å². The molecule has 9 nitrogen and oxygen atoms in total. The minimum absolute atomic E-state index is 0.129. The van der Waals surface area contributed by atoms with Gasteiger partial charge < -0.3 is 28.6 Å². The van der Waals surface area contributed by atoms with Crippen molar-refractivity contribution in [1.82, 2.24) is 4.90 Å². The third-order valence-electron chi connectivity index (χ3n) is 6.61. The molecule has 0 saturated carbocycles. The lowest BCUT2D eigenvalue weighted by Crippen LogP contribution is -2.37. The van der Waals surface area contributed by atoms with Crippen LogP contribution in [0.15, 0.2) is 60.7 Å².